The van der Waals surface area contributed by atoms with Gasteiger partial charge in [0.2, 0.25) is 11.6 Å². The molecule has 274 valence electrons. The smallest absolute Gasteiger partial charge is 0.200 e. The van der Waals surface area contributed by atoms with Crippen LogP contribution in [0.25, 0.3) is 78.6 Å². The molecular formula is C40H18F10N4O. The number of rotatable bonds is 5. The zero-order valence-corrected chi connectivity index (χ0v) is 27.3. The van der Waals surface area contributed by atoms with E-state index in [1.807, 2.05) is 0 Å². The van der Waals surface area contributed by atoms with Gasteiger partial charge in [0.1, 0.15) is 12.4 Å². The van der Waals surface area contributed by atoms with Crippen LogP contribution in [0.15, 0.2) is 60.7 Å². The number of fused-ring (bicyclic) bond motifs is 9. The van der Waals surface area contributed by atoms with E-state index in [1.165, 1.54) is 24.3 Å². The van der Waals surface area contributed by atoms with Crippen molar-refractivity contribution in [2.45, 2.75) is 0 Å². The summed E-state index contributed by atoms with van der Waals surface area (Å²) in [5.74, 6) is -20.0. The molecule has 4 aromatic heterocycles. The maximum Gasteiger partial charge on any atom is 0.200 e. The van der Waals surface area contributed by atoms with E-state index in [0.717, 1.165) is 12.1 Å². The zero-order valence-electron chi connectivity index (χ0n) is 27.3. The van der Waals surface area contributed by atoms with Crippen molar-refractivity contribution >= 4 is 45.3 Å². The highest BCUT2D eigenvalue weighted by Gasteiger charge is 2.31. The largest absolute Gasteiger partial charge is 0.481 e. The van der Waals surface area contributed by atoms with Crippen LogP contribution in [0.1, 0.15) is 11.4 Å². The molecule has 8 bridgehead atoms. The van der Waals surface area contributed by atoms with Crippen molar-refractivity contribution < 1.29 is 48.6 Å². The molecule has 0 amide bonds. The summed E-state index contributed by atoms with van der Waals surface area (Å²) >= 11 is 0. The molecule has 0 unspecified atom stereocenters. The molecule has 3 aromatic carbocycles. The van der Waals surface area contributed by atoms with E-state index in [0.29, 0.717) is 22.6 Å². The molecule has 0 saturated heterocycles. The van der Waals surface area contributed by atoms with Crippen molar-refractivity contribution in [2.24, 2.45) is 0 Å². The molecule has 5 nitrogen and oxygen atoms in total. The maximum atomic E-state index is 15.7. The van der Waals surface area contributed by atoms with Gasteiger partial charge in [0.25, 0.3) is 0 Å². The summed E-state index contributed by atoms with van der Waals surface area (Å²) in [4.78, 5) is 13.2. The van der Waals surface area contributed by atoms with Gasteiger partial charge in [-0.3, -0.25) is 0 Å². The molecule has 0 fully saturated rings. The van der Waals surface area contributed by atoms with E-state index in [9.17, 15) is 26.3 Å². The summed E-state index contributed by atoms with van der Waals surface area (Å²) in [6, 6.07) is 14.2. The fraction of sp³-hybridized carbons (Fsp3) is 0.0250. The van der Waals surface area contributed by atoms with Crippen molar-refractivity contribution in [3.63, 3.8) is 0 Å². The third-order valence-corrected chi connectivity index (χ3v) is 8.96. The van der Waals surface area contributed by atoms with Gasteiger partial charge >= 0.3 is 0 Å². The fourth-order valence-electron chi connectivity index (χ4n) is 6.48. The van der Waals surface area contributed by atoms with Gasteiger partial charge in [-0.05, 0) is 66.2 Å². The molecule has 0 aliphatic carbocycles. The van der Waals surface area contributed by atoms with Crippen molar-refractivity contribution in [1.29, 1.82) is 0 Å². The van der Waals surface area contributed by atoms with E-state index >= 15 is 17.6 Å². The first kappa shape index (κ1) is 35.1. The Morgan fingerprint density at radius 2 is 0.800 bits per heavy atom. The molecule has 55 heavy (non-hydrogen) atoms. The minimum Gasteiger partial charge on any atom is -0.481 e. The topological polar surface area (TPSA) is 69.5 Å². The number of H-pyrrole nitrogens is 3. The SMILES string of the molecule is C#CCOc1ccc(-c2c3nc(c4ccc([nH]4)c(-c4c(F)c(F)c(F)c(F)c4F)c4ccc([nH]4)c(-c4c(F)c(F)c(F)c(F)c4F)c4ccc2[nH]4)C=C3)cc1. The summed E-state index contributed by atoms with van der Waals surface area (Å²) in [7, 11) is 0. The predicted octanol–water partition coefficient (Wildman–Crippen LogP) is 11.1. The summed E-state index contributed by atoms with van der Waals surface area (Å²) in [6.45, 7) is -0.0119. The Bertz CT molecular complexity index is 2900. The van der Waals surface area contributed by atoms with Gasteiger partial charge in [0.15, 0.2) is 46.5 Å². The molecule has 3 N–H and O–H groups in total. The van der Waals surface area contributed by atoms with Crippen LogP contribution in [0.5, 0.6) is 5.75 Å². The number of nitrogens with zero attached hydrogens (tertiary/aromatic N) is 1. The molecule has 8 rings (SSSR count). The quantitative estimate of drug-likeness (QED) is 0.0708. The molecular weight excluding hydrogens is 742 g/mol. The molecule has 15 heteroatoms. The molecule has 0 saturated carbocycles. The van der Waals surface area contributed by atoms with Crippen molar-refractivity contribution in [3.8, 4) is 51.5 Å². The number of aromatic amines is 3. The van der Waals surface area contributed by atoms with E-state index in [2.05, 4.69) is 20.9 Å². The average molecular weight is 761 g/mol. The highest BCUT2D eigenvalue weighted by Crippen LogP contribution is 2.41. The molecule has 1 aliphatic heterocycles. The Morgan fingerprint density at radius 1 is 0.436 bits per heavy atom. The second kappa shape index (κ2) is 13.2. The second-order valence-electron chi connectivity index (χ2n) is 12.1. The summed E-state index contributed by atoms with van der Waals surface area (Å²) in [5, 5.41) is 0. The summed E-state index contributed by atoms with van der Waals surface area (Å²) in [6.07, 6.45) is 8.46. The number of hydrogen-bond donors (Lipinski definition) is 3. The number of halogens is 10. The highest BCUT2D eigenvalue weighted by molar-refractivity contribution is 6.00. The highest BCUT2D eigenvalue weighted by atomic mass is 19.2. The molecule has 0 radical (unpaired) electrons. The summed E-state index contributed by atoms with van der Waals surface area (Å²) in [5.41, 5.74) is -3.32. The Balaban J connectivity index is 1.57. The van der Waals surface area contributed by atoms with Crippen LogP contribution >= 0.6 is 0 Å². The standard InChI is InChI=1S/C40H18F10N4O/c1-2-15-55-17-5-3-16(4-6-17)26-20-9-7-18(51-20)19-8-10-22(52-19)27(29-31(41)35(45)39(49)36(46)32(29)42)24-13-14-25(54-24)28(23-12-11-21(26)53-23)30-33(43)37(47)40(50)38(48)34(30)44/h1,3-14,52-54H,15H2. The minimum atomic E-state index is -2.43. The number of terminal acetylenes is 1. The van der Waals surface area contributed by atoms with E-state index in [4.69, 9.17) is 16.1 Å². The Labute approximate surface area is 301 Å². The van der Waals surface area contributed by atoms with Gasteiger partial charge in [0.05, 0.1) is 28.0 Å². The van der Waals surface area contributed by atoms with Crippen LogP contribution < -0.4 is 4.74 Å². The lowest BCUT2D eigenvalue weighted by molar-refractivity contribution is 0.370. The predicted molar refractivity (Wildman–Crippen MR) is 185 cm³/mol. The zero-order chi connectivity index (χ0) is 38.9. The van der Waals surface area contributed by atoms with Gasteiger partial charge in [-0.1, -0.05) is 18.1 Å². The first-order chi connectivity index (χ1) is 26.4. The Morgan fingerprint density at radius 3 is 1.24 bits per heavy atom. The first-order valence-corrected chi connectivity index (χ1v) is 15.9. The van der Waals surface area contributed by atoms with Gasteiger partial charge < -0.3 is 19.7 Å². The van der Waals surface area contributed by atoms with Gasteiger partial charge in [0, 0.05) is 44.3 Å². The molecule has 0 atom stereocenters. The Hall–Kier alpha value is -6.95. The van der Waals surface area contributed by atoms with Crippen molar-refractivity contribution in [1.82, 2.24) is 19.9 Å². The van der Waals surface area contributed by atoms with Gasteiger partial charge in [-0.25, -0.2) is 48.9 Å². The molecule has 1 aliphatic rings. The normalized spacial score (nSPS) is 11.8. The Kier molecular flexibility index (Phi) is 8.40. The van der Waals surface area contributed by atoms with Gasteiger partial charge in [-0.15, -0.1) is 6.42 Å². The third-order valence-electron chi connectivity index (χ3n) is 8.96. The first-order valence-electron chi connectivity index (χ1n) is 15.9. The lowest BCUT2D eigenvalue weighted by atomic mass is 10.0. The lowest BCUT2D eigenvalue weighted by Crippen LogP contribution is -2.04. The second-order valence-corrected chi connectivity index (χ2v) is 12.1. The minimum absolute atomic E-state index is 0.0119. The van der Waals surface area contributed by atoms with Gasteiger partial charge in [-0.2, -0.15) is 0 Å². The van der Waals surface area contributed by atoms with Crippen molar-refractivity contribution in [2.75, 3.05) is 6.61 Å². The van der Waals surface area contributed by atoms with E-state index < -0.39 is 80.4 Å². The number of benzene rings is 3. The van der Waals surface area contributed by atoms with Crippen LogP contribution in [-0.4, -0.2) is 26.5 Å². The van der Waals surface area contributed by atoms with E-state index in [1.54, 1.807) is 36.4 Å². The number of nitrogens with one attached hydrogen (secondary N) is 3. The molecule has 7 aromatic rings. The van der Waals surface area contributed by atoms with Crippen LogP contribution in [0.4, 0.5) is 43.9 Å². The average Bonchev–Trinajstić information content (AvgIpc) is 4.03. The fourth-order valence-corrected chi connectivity index (χ4v) is 6.48. The van der Waals surface area contributed by atoms with Crippen LogP contribution in [0.3, 0.4) is 0 Å². The van der Waals surface area contributed by atoms with Crippen LogP contribution in [0, 0.1) is 70.5 Å². The lowest BCUT2D eigenvalue weighted by Gasteiger charge is -2.10. The third kappa shape index (κ3) is 5.56. The molecule has 0 spiro atoms. The van der Waals surface area contributed by atoms with Crippen LogP contribution in [0.2, 0.25) is 0 Å². The number of aromatic nitrogens is 4. The van der Waals surface area contributed by atoms with E-state index in [-0.39, 0.29) is 45.4 Å². The molecule has 5 heterocycles. The van der Waals surface area contributed by atoms with Crippen molar-refractivity contribution in [3.05, 3.63) is 130 Å². The van der Waals surface area contributed by atoms with Crippen LogP contribution in [-0.2, 0) is 0 Å². The number of ether oxygens (including phenoxy) is 1. The monoisotopic (exact) mass is 760 g/mol. The maximum absolute atomic E-state index is 15.7. The summed E-state index contributed by atoms with van der Waals surface area (Å²) < 4.78 is 155. The number of hydrogen-bond acceptors (Lipinski definition) is 2.